The Morgan fingerprint density at radius 2 is 2.04 bits per heavy atom. The topological polar surface area (TPSA) is 134 Å². The fourth-order valence-electron chi connectivity index (χ4n) is 2.89. The van der Waals surface area contributed by atoms with Gasteiger partial charge in [-0.15, -0.1) is 0 Å². The summed E-state index contributed by atoms with van der Waals surface area (Å²) in [7, 11) is 0. The molecule has 2 fully saturated rings. The Hall–Kier alpha value is -1.97. The molecule has 3 heterocycles. The molecule has 1 aromatic rings. The summed E-state index contributed by atoms with van der Waals surface area (Å²) < 4.78 is 11.0. The first kappa shape index (κ1) is 18.4. The van der Waals surface area contributed by atoms with Gasteiger partial charge in [0, 0.05) is 18.5 Å². The second-order valence-electron chi connectivity index (χ2n) is 5.86. The molecule has 2 saturated heterocycles. The molecule has 9 heteroatoms. The summed E-state index contributed by atoms with van der Waals surface area (Å²) in [5.41, 5.74) is 3.07. The maximum absolute atomic E-state index is 12.0. The van der Waals surface area contributed by atoms with E-state index in [1.807, 2.05) is 13.8 Å². The number of hydrogen-bond donors (Lipinski definition) is 4. The van der Waals surface area contributed by atoms with E-state index >= 15 is 0 Å². The summed E-state index contributed by atoms with van der Waals surface area (Å²) in [6.07, 6.45) is -0.161. The SMILES string of the molecule is Cc1[nH]nc(CCC(=O)N[C@@H]2CO[C@H]3[C@@H]2OC[C@H]3O)c1C.O=CO. The number of carbonyl (C=O) groups excluding carboxylic acids is 1. The first-order valence-corrected chi connectivity index (χ1v) is 7.76. The third-order valence-electron chi connectivity index (χ3n) is 4.32. The Kier molecular flexibility index (Phi) is 6.29. The highest BCUT2D eigenvalue weighted by Crippen LogP contribution is 2.27. The quantitative estimate of drug-likeness (QED) is 0.532. The van der Waals surface area contributed by atoms with Crippen LogP contribution in [0, 0.1) is 13.8 Å². The molecule has 1 amide bonds. The van der Waals surface area contributed by atoms with Gasteiger partial charge in [-0.1, -0.05) is 0 Å². The number of aliphatic hydroxyl groups excluding tert-OH is 1. The molecule has 4 N–H and O–H groups in total. The number of ether oxygens (including phenoxy) is 2. The molecule has 3 rings (SSSR count). The molecule has 0 bridgehead atoms. The van der Waals surface area contributed by atoms with Crippen molar-refractivity contribution in [1.82, 2.24) is 15.5 Å². The lowest BCUT2D eigenvalue weighted by Crippen LogP contribution is -2.44. The van der Waals surface area contributed by atoms with Gasteiger partial charge in [0.15, 0.2) is 0 Å². The Bertz CT molecular complexity index is 576. The number of hydrogen-bond acceptors (Lipinski definition) is 6. The van der Waals surface area contributed by atoms with Gasteiger partial charge < -0.3 is 25.0 Å². The summed E-state index contributed by atoms with van der Waals surface area (Å²) in [4.78, 5) is 20.4. The first-order valence-electron chi connectivity index (χ1n) is 7.76. The van der Waals surface area contributed by atoms with Crippen LogP contribution in [0.5, 0.6) is 0 Å². The number of nitrogens with one attached hydrogen (secondary N) is 2. The van der Waals surface area contributed by atoms with Crippen molar-refractivity contribution in [1.29, 1.82) is 0 Å². The highest BCUT2D eigenvalue weighted by Gasteiger charge is 2.47. The standard InChI is InChI=1S/C14H21N3O4.CH2O2/c1-7-8(2)16-17-9(7)3-4-12(19)15-10-5-20-14-11(18)6-21-13(10)14;2-1-3/h10-11,13-14,18H,3-6H2,1-2H3,(H,15,19)(H,16,17);1H,(H,2,3)/t10-,11-,13-,14-;/m1./s1. The second-order valence-corrected chi connectivity index (χ2v) is 5.86. The number of fused-ring (bicyclic) bond motifs is 1. The van der Waals surface area contributed by atoms with Crippen molar-refractivity contribution in [3.63, 3.8) is 0 Å². The molecule has 2 aliphatic heterocycles. The second kappa shape index (κ2) is 8.22. The lowest BCUT2D eigenvalue weighted by molar-refractivity contribution is -0.123. The van der Waals surface area contributed by atoms with Crippen LogP contribution in [0.4, 0.5) is 0 Å². The lowest BCUT2D eigenvalue weighted by Gasteiger charge is -2.17. The monoisotopic (exact) mass is 341 g/mol. The minimum atomic E-state index is -0.591. The molecular formula is C15H23N3O6. The van der Waals surface area contributed by atoms with Crippen LogP contribution in [0.1, 0.15) is 23.4 Å². The maximum Gasteiger partial charge on any atom is 0.290 e. The van der Waals surface area contributed by atoms with Crippen LogP contribution in [-0.4, -0.2) is 70.4 Å². The lowest BCUT2D eigenvalue weighted by atomic mass is 10.1. The third kappa shape index (κ3) is 4.11. The minimum absolute atomic E-state index is 0.0470. The zero-order valence-corrected chi connectivity index (χ0v) is 13.7. The first-order chi connectivity index (χ1) is 11.5. The van der Waals surface area contributed by atoms with E-state index < -0.39 is 6.10 Å². The van der Waals surface area contributed by atoms with E-state index in [-0.39, 0.29) is 37.2 Å². The molecule has 2 aliphatic rings. The Morgan fingerprint density at radius 1 is 1.38 bits per heavy atom. The number of amides is 1. The van der Waals surface area contributed by atoms with E-state index in [2.05, 4.69) is 15.5 Å². The number of aryl methyl sites for hydroxylation is 2. The van der Waals surface area contributed by atoms with Crippen molar-refractivity contribution in [3.05, 3.63) is 17.0 Å². The maximum atomic E-state index is 12.0. The van der Waals surface area contributed by atoms with Crippen LogP contribution >= 0.6 is 0 Å². The van der Waals surface area contributed by atoms with E-state index in [0.717, 1.165) is 17.0 Å². The van der Waals surface area contributed by atoms with Gasteiger partial charge >= 0.3 is 0 Å². The van der Waals surface area contributed by atoms with Crippen LogP contribution in [0.25, 0.3) is 0 Å². The van der Waals surface area contributed by atoms with Crippen LogP contribution in [0.2, 0.25) is 0 Å². The Balaban J connectivity index is 0.000000647. The van der Waals surface area contributed by atoms with Crippen LogP contribution in [-0.2, 0) is 25.5 Å². The number of carboxylic acid groups (broad SMARTS) is 1. The van der Waals surface area contributed by atoms with Crippen molar-refractivity contribution < 1.29 is 29.3 Å². The molecule has 0 radical (unpaired) electrons. The fourth-order valence-corrected chi connectivity index (χ4v) is 2.89. The molecule has 9 nitrogen and oxygen atoms in total. The van der Waals surface area contributed by atoms with Gasteiger partial charge in [0.05, 0.1) is 24.9 Å². The van der Waals surface area contributed by atoms with Crippen molar-refractivity contribution in [3.8, 4) is 0 Å². The van der Waals surface area contributed by atoms with Gasteiger partial charge in [0.25, 0.3) is 6.47 Å². The van der Waals surface area contributed by atoms with Gasteiger partial charge in [0.2, 0.25) is 5.91 Å². The Labute approximate surface area is 139 Å². The van der Waals surface area contributed by atoms with E-state index in [9.17, 15) is 9.90 Å². The predicted octanol–water partition coefficient (Wildman–Crippen LogP) is -0.697. The molecule has 0 saturated carbocycles. The summed E-state index contributed by atoms with van der Waals surface area (Å²) in [5, 5.41) is 26.6. The van der Waals surface area contributed by atoms with Crippen molar-refractivity contribution >= 4 is 12.4 Å². The number of rotatable bonds is 4. The smallest absolute Gasteiger partial charge is 0.290 e. The molecule has 0 aliphatic carbocycles. The average molecular weight is 341 g/mol. The van der Waals surface area contributed by atoms with Gasteiger partial charge in [0.1, 0.15) is 18.3 Å². The third-order valence-corrected chi connectivity index (χ3v) is 4.32. The number of H-pyrrole nitrogens is 1. The molecule has 0 unspecified atom stereocenters. The molecule has 134 valence electrons. The van der Waals surface area contributed by atoms with E-state index in [1.54, 1.807) is 0 Å². The van der Waals surface area contributed by atoms with Crippen LogP contribution in [0.15, 0.2) is 0 Å². The Morgan fingerprint density at radius 3 is 2.67 bits per heavy atom. The van der Waals surface area contributed by atoms with Gasteiger partial charge in [-0.05, 0) is 19.4 Å². The molecule has 0 aromatic carbocycles. The summed E-state index contributed by atoms with van der Waals surface area (Å²) in [6.45, 7) is 4.37. The summed E-state index contributed by atoms with van der Waals surface area (Å²) in [6, 6.07) is -0.179. The van der Waals surface area contributed by atoms with E-state index in [0.29, 0.717) is 19.4 Å². The molecular weight excluding hydrogens is 318 g/mol. The molecule has 4 atom stereocenters. The molecule has 1 aromatic heterocycles. The molecule has 0 spiro atoms. The highest BCUT2D eigenvalue weighted by molar-refractivity contribution is 5.76. The number of aromatic nitrogens is 2. The van der Waals surface area contributed by atoms with Crippen LogP contribution < -0.4 is 5.32 Å². The van der Waals surface area contributed by atoms with Crippen molar-refractivity contribution in [2.24, 2.45) is 0 Å². The van der Waals surface area contributed by atoms with E-state index in [1.165, 1.54) is 0 Å². The zero-order chi connectivity index (χ0) is 17.7. The van der Waals surface area contributed by atoms with Gasteiger partial charge in [-0.25, -0.2) is 0 Å². The number of nitrogens with zero attached hydrogens (tertiary/aromatic N) is 1. The average Bonchev–Trinajstić information content (AvgIpc) is 3.20. The van der Waals surface area contributed by atoms with Crippen molar-refractivity contribution in [2.75, 3.05) is 13.2 Å². The number of aliphatic hydroxyl groups is 1. The largest absolute Gasteiger partial charge is 0.483 e. The summed E-state index contributed by atoms with van der Waals surface area (Å²) in [5.74, 6) is -0.0470. The van der Waals surface area contributed by atoms with Crippen LogP contribution in [0.3, 0.4) is 0 Å². The van der Waals surface area contributed by atoms with Gasteiger partial charge in [-0.3, -0.25) is 14.7 Å². The minimum Gasteiger partial charge on any atom is -0.483 e. The number of carbonyl (C=O) groups is 2. The predicted molar refractivity (Wildman–Crippen MR) is 82.5 cm³/mol. The zero-order valence-electron chi connectivity index (χ0n) is 13.7. The fraction of sp³-hybridized carbons (Fsp3) is 0.667. The number of aromatic amines is 1. The highest BCUT2D eigenvalue weighted by atomic mass is 16.6. The van der Waals surface area contributed by atoms with E-state index in [4.69, 9.17) is 19.4 Å². The molecule has 24 heavy (non-hydrogen) atoms. The normalized spacial score (nSPS) is 28.0. The van der Waals surface area contributed by atoms with Gasteiger partial charge in [-0.2, -0.15) is 5.10 Å². The summed E-state index contributed by atoms with van der Waals surface area (Å²) >= 11 is 0. The van der Waals surface area contributed by atoms with Crippen molar-refractivity contribution in [2.45, 2.75) is 51.0 Å².